The Morgan fingerprint density at radius 2 is 1.65 bits per heavy atom. The molecule has 0 aliphatic heterocycles. The number of Topliss-reactive ketones (excluding diaryl/α,β-unsaturated/α-hetero) is 1. The summed E-state index contributed by atoms with van der Waals surface area (Å²) in [5.74, 6) is -7.59. The van der Waals surface area contributed by atoms with E-state index in [4.69, 9.17) is 0 Å². The highest BCUT2D eigenvalue weighted by atomic mass is 32.2. The van der Waals surface area contributed by atoms with Gasteiger partial charge in [0, 0.05) is 10.5 Å². The second-order valence-electron chi connectivity index (χ2n) is 3.10. The van der Waals surface area contributed by atoms with Crippen LogP contribution in [0.5, 0.6) is 0 Å². The summed E-state index contributed by atoms with van der Waals surface area (Å²) in [6.45, 7) is 0. The molecular formula is C10H7F5OS. The fourth-order valence-corrected chi connectivity index (χ4v) is 1.73. The van der Waals surface area contributed by atoms with Crippen molar-refractivity contribution >= 4 is 17.5 Å². The molecule has 0 aromatic heterocycles. The summed E-state index contributed by atoms with van der Waals surface area (Å²) < 4.78 is 61.8. The molecule has 0 aliphatic rings. The zero-order chi connectivity index (χ0) is 13.3. The summed E-state index contributed by atoms with van der Waals surface area (Å²) in [7, 11) is 0. The minimum Gasteiger partial charge on any atom is -0.287 e. The summed E-state index contributed by atoms with van der Waals surface area (Å²) in [6, 6.07) is 4.95. The van der Waals surface area contributed by atoms with E-state index in [1.807, 2.05) is 0 Å². The van der Waals surface area contributed by atoms with Gasteiger partial charge in [0.2, 0.25) is 5.78 Å². The van der Waals surface area contributed by atoms with Crippen molar-refractivity contribution < 1.29 is 26.7 Å². The largest absolute Gasteiger partial charge is 0.461 e. The Morgan fingerprint density at radius 3 is 2.12 bits per heavy atom. The lowest BCUT2D eigenvalue weighted by Crippen LogP contribution is -2.44. The summed E-state index contributed by atoms with van der Waals surface area (Å²) in [6.07, 6.45) is -4.40. The van der Waals surface area contributed by atoms with E-state index < -0.39 is 23.4 Å². The molecule has 94 valence electrons. The molecule has 17 heavy (non-hydrogen) atoms. The summed E-state index contributed by atoms with van der Waals surface area (Å²) in [4.78, 5) is 11.3. The van der Waals surface area contributed by atoms with Gasteiger partial charge in [-0.3, -0.25) is 4.79 Å². The lowest BCUT2D eigenvalue weighted by molar-refractivity contribution is -0.255. The lowest BCUT2D eigenvalue weighted by atomic mass is 10.1. The van der Waals surface area contributed by atoms with Crippen LogP contribution in [0, 0.1) is 0 Å². The second-order valence-corrected chi connectivity index (χ2v) is 3.95. The predicted molar refractivity (Wildman–Crippen MR) is 53.6 cm³/mol. The van der Waals surface area contributed by atoms with Gasteiger partial charge in [0.05, 0.1) is 0 Å². The fourth-order valence-electron chi connectivity index (χ4n) is 1.13. The van der Waals surface area contributed by atoms with Crippen molar-refractivity contribution in [2.45, 2.75) is 17.0 Å². The third kappa shape index (κ3) is 2.59. The molecule has 1 aromatic carbocycles. The molecule has 0 N–H and O–H groups in total. The van der Waals surface area contributed by atoms with Gasteiger partial charge in [-0.25, -0.2) is 0 Å². The van der Waals surface area contributed by atoms with Crippen LogP contribution in [0.25, 0.3) is 0 Å². The molecule has 0 fully saturated rings. The Balaban J connectivity index is 3.22. The van der Waals surface area contributed by atoms with Crippen molar-refractivity contribution in [3.8, 4) is 0 Å². The Bertz CT molecular complexity index is 427. The zero-order valence-electron chi connectivity index (χ0n) is 8.52. The Morgan fingerprint density at radius 1 is 1.12 bits per heavy atom. The van der Waals surface area contributed by atoms with Crippen molar-refractivity contribution in [1.82, 2.24) is 0 Å². The second kappa shape index (κ2) is 4.64. The van der Waals surface area contributed by atoms with Crippen molar-refractivity contribution in [2.75, 3.05) is 6.26 Å². The summed E-state index contributed by atoms with van der Waals surface area (Å²) >= 11 is 0.929. The first-order valence-electron chi connectivity index (χ1n) is 4.34. The molecule has 0 amide bonds. The van der Waals surface area contributed by atoms with E-state index >= 15 is 0 Å². The van der Waals surface area contributed by atoms with Gasteiger partial charge in [-0.15, -0.1) is 11.8 Å². The number of thioether (sulfide) groups is 1. The Hall–Kier alpha value is -1.11. The average Bonchev–Trinajstić information content (AvgIpc) is 2.26. The van der Waals surface area contributed by atoms with Gasteiger partial charge in [0.25, 0.3) is 0 Å². The van der Waals surface area contributed by atoms with E-state index in [2.05, 4.69) is 0 Å². The van der Waals surface area contributed by atoms with Gasteiger partial charge in [-0.2, -0.15) is 22.0 Å². The number of alkyl halides is 5. The molecule has 1 aromatic rings. The van der Waals surface area contributed by atoms with Crippen LogP contribution >= 0.6 is 11.8 Å². The predicted octanol–water partition coefficient (Wildman–Crippen LogP) is 3.79. The Kier molecular flexibility index (Phi) is 3.81. The molecule has 0 radical (unpaired) electrons. The van der Waals surface area contributed by atoms with Gasteiger partial charge in [0.15, 0.2) is 0 Å². The smallest absolute Gasteiger partial charge is 0.287 e. The number of carbonyl (C=O) groups excluding carboxylic acids is 1. The van der Waals surface area contributed by atoms with Gasteiger partial charge in [0.1, 0.15) is 0 Å². The third-order valence-electron chi connectivity index (χ3n) is 1.99. The molecule has 0 atom stereocenters. The fraction of sp³-hybridized carbons (Fsp3) is 0.300. The monoisotopic (exact) mass is 270 g/mol. The number of carbonyl (C=O) groups is 1. The minimum atomic E-state index is -5.88. The van der Waals surface area contributed by atoms with Crippen LogP contribution in [-0.2, 0) is 0 Å². The molecule has 0 saturated carbocycles. The van der Waals surface area contributed by atoms with E-state index in [-0.39, 0.29) is 4.90 Å². The SMILES string of the molecule is CSc1ccccc1C(=O)C(F)(F)C(F)(F)F. The van der Waals surface area contributed by atoms with E-state index in [0.29, 0.717) is 0 Å². The van der Waals surface area contributed by atoms with Crippen molar-refractivity contribution in [3.63, 3.8) is 0 Å². The topological polar surface area (TPSA) is 17.1 Å². The minimum absolute atomic E-state index is 0.0847. The average molecular weight is 270 g/mol. The van der Waals surface area contributed by atoms with Crippen LogP contribution in [0.1, 0.15) is 10.4 Å². The molecule has 1 rings (SSSR count). The van der Waals surface area contributed by atoms with E-state index in [1.165, 1.54) is 24.5 Å². The Labute approximate surface area is 98.0 Å². The van der Waals surface area contributed by atoms with Crippen molar-refractivity contribution in [1.29, 1.82) is 0 Å². The summed E-state index contributed by atoms with van der Waals surface area (Å²) in [5, 5.41) is 0. The molecular weight excluding hydrogens is 263 g/mol. The number of benzene rings is 1. The van der Waals surface area contributed by atoms with Crippen LogP contribution in [-0.4, -0.2) is 24.1 Å². The molecule has 1 nitrogen and oxygen atoms in total. The molecule has 0 saturated heterocycles. The number of hydrogen-bond acceptors (Lipinski definition) is 2. The maximum atomic E-state index is 12.8. The van der Waals surface area contributed by atoms with E-state index in [9.17, 15) is 26.7 Å². The number of rotatable bonds is 3. The zero-order valence-corrected chi connectivity index (χ0v) is 9.33. The van der Waals surface area contributed by atoms with Crippen molar-refractivity contribution in [3.05, 3.63) is 29.8 Å². The standard InChI is InChI=1S/C10H7F5OS/c1-17-7-5-3-2-4-6(7)8(16)9(11,12)10(13,14)15/h2-5H,1H3. The summed E-state index contributed by atoms with van der Waals surface area (Å²) in [5.41, 5.74) is -0.623. The molecule has 0 spiro atoms. The third-order valence-corrected chi connectivity index (χ3v) is 2.79. The highest BCUT2D eigenvalue weighted by molar-refractivity contribution is 7.98. The van der Waals surface area contributed by atoms with E-state index in [0.717, 1.165) is 17.8 Å². The quantitative estimate of drug-likeness (QED) is 0.472. The maximum absolute atomic E-state index is 12.8. The first kappa shape index (κ1) is 14.0. The molecule has 0 heterocycles. The maximum Gasteiger partial charge on any atom is 0.461 e. The molecule has 0 unspecified atom stereocenters. The van der Waals surface area contributed by atoms with Gasteiger partial charge < -0.3 is 0 Å². The van der Waals surface area contributed by atoms with Gasteiger partial charge in [-0.05, 0) is 12.3 Å². The van der Waals surface area contributed by atoms with Crippen LogP contribution in [0.3, 0.4) is 0 Å². The van der Waals surface area contributed by atoms with Gasteiger partial charge >= 0.3 is 12.1 Å². The molecule has 0 aliphatic carbocycles. The normalized spacial score (nSPS) is 12.6. The highest BCUT2D eigenvalue weighted by Crippen LogP contribution is 2.39. The molecule has 0 bridgehead atoms. The van der Waals surface area contributed by atoms with Crippen LogP contribution in [0.4, 0.5) is 22.0 Å². The van der Waals surface area contributed by atoms with Gasteiger partial charge in [-0.1, -0.05) is 18.2 Å². The van der Waals surface area contributed by atoms with Crippen LogP contribution < -0.4 is 0 Å². The van der Waals surface area contributed by atoms with Crippen LogP contribution in [0.2, 0.25) is 0 Å². The van der Waals surface area contributed by atoms with Crippen LogP contribution in [0.15, 0.2) is 29.2 Å². The lowest BCUT2D eigenvalue weighted by Gasteiger charge is -2.19. The number of halogens is 5. The highest BCUT2D eigenvalue weighted by Gasteiger charge is 2.63. The first-order valence-corrected chi connectivity index (χ1v) is 5.56. The number of ketones is 1. The number of hydrogen-bond donors (Lipinski definition) is 0. The first-order chi connectivity index (χ1) is 7.71. The molecule has 7 heteroatoms. The van der Waals surface area contributed by atoms with Crippen molar-refractivity contribution in [2.24, 2.45) is 0 Å². The van der Waals surface area contributed by atoms with E-state index in [1.54, 1.807) is 0 Å².